The van der Waals surface area contributed by atoms with E-state index in [9.17, 15) is 4.79 Å². The Morgan fingerprint density at radius 3 is 2.79 bits per heavy atom. The van der Waals surface area contributed by atoms with Crippen LogP contribution in [-0.4, -0.2) is 19.2 Å². The van der Waals surface area contributed by atoms with Gasteiger partial charge in [0.05, 0.1) is 19.8 Å². The molecule has 0 aliphatic heterocycles. The van der Waals surface area contributed by atoms with Crippen LogP contribution in [0.1, 0.15) is 25.0 Å². The van der Waals surface area contributed by atoms with Gasteiger partial charge in [-0.05, 0) is 25.5 Å². The summed E-state index contributed by atoms with van der Waals surface area (Å²) >= 11 is 0. The first-order valence-corrected chi connectivity index (χ1v) is 6.12. The minimum atomic E-state index is -0.514. The number of rotatable bonds is 5. The van der Waals surface area contributed by atoms with Crippen LogP contribution in [0.5, 0.6) is 0 Å². The largest absolute Gasteiger partial charge is 0.456 e. The van der Waals surface area contributed by atoms with Gasteiger partial charge in [0.25, 0.3) is 0 Å². The van der Waals surface area contributed by atoms with Crippen molar-refractivity contribution in [2.24, 2.45) is 0 Å². The molecular weight excluding hydrogens is 240 g/mol. The molecule has 0 aromatic heterocycles. The lowest BCUT2D eigenvalue weighted by Crippen LogP contribution is -2.01. The van der Waals surface area contributed by atoms with Crippen molar-refractivity contribution in [2.45, 2.75) is 20.5 Å². The summed E-state index contributed by atoms with van der Waals surface area (Å²) < 4.78 is 10.3. The molecule has 0 radical (unpaired) electrons. The lowest BCUT2D eigenvalue weighted by molar-refractivity contribution is -0.136. The van der Waals surface area contributed by atoms with E-state index in [2.05, 4.69) is 18.4 Å². The van der Waals surface area contributed by atoms with Crippen molar-refractivity contribution >= 4 is 5.97 Å². The number of carbonyl (C=O) groups is 1. The monoisotopic (exact) mass is 258 g/mol. The van der Waals surface area contributed by atoms with Gasteiger partial charge in [-0.2, -0.15) is 0 Å². The molecule has 0 saturated heterocycles. The quantitative estimate of drug-likeness (QED) is 0.463. The number of hydrogen-bond acceptors (Lipinski definition) is 3. The first-order valence-electron chi connectivity index (χ1n) is 6.12. The van der Waals surface area contributed by atoms with Crippen LogP contribution >= 0.6 is 0 Å². The third-order valence-corrected chi connectivity index (χ3v) is 2.20. The molecule has 0 unspecified atom stereocenters. The Balaban J connectivity index is 2.72. The third kappa shape index (κ3) is 5.89. The molecule has 0 bridgehead atoms. The van der Waals surface area contributed by atoms with Crippen LogP contribution in [0.3, 0.4) is 0 Å². The van der Waals surface area contributed by atoms with Crippen molar-refractivity contribution in [3.8, 4) is 11.8 Å². The topological polar surface area (TPSA) is 35.5 Å². The normalized spacial score (nSPS) is 9.37. The van der Waals surface area contributed by atoms with Crippen molar-refractivity contribution in [1.29, 1.82) is 0 Å². The maximum atomic E-state index is 11.2. The van der Waals surface area contributed by atoms with Gasteiger partial charge in [-0.15, -0.1) is 0 Å². The van der Waals surface area contributed by atoms with Gasteiger partial charge < -0.3 is 9.47 Å². The third-order valence-electron chi connectivity index (χ3n) is 2.20. The second kappa shape index (κ2) is 8.12. The van der Waals surface area contributed by atoms with E-state index >= 15 is 0 Å². The Labute approximate surface area is 114 Å². The van der Waals surface area contributed by atoms with Crippen LogP contribution < -0.4 is 0 Å². The van der Waals surface area contributed by atoms with Crippen molar-refractivity contribution in [1.82, 2.24) is 0 Å². The highest BCUT2D eigenvalue weighted by molar-refractivity contribution is 5.89. The smallest absolute Gasteiger partial charge is 0.384 e. The summed E-state index contributed by atoms with van der Waals surface area (Å²) in [7, 11) is 0. The molecule has 3 nitrogen and oxygen atoms in total. The van der Waals surface area contributed by atoms with Crippen LogP contribution in [-0.2, 0) is 20.9 Å². The molecule has 3 heteroatoms. The lowest BCUT2D eigenvalue weighted by atomic mass is 10.1. The molecule has 0 fully saturated rings. The Morgan fingerprint density at radius 2 is 2.11 bits per heavy atom. The zero-order valence-corrected chi connectivity index (χ0v) is 11.4. The van der Waals surface area contributed by atoms with Crippen LogP contribution in [0.2, 0.25) is 0 Å². The number of hydrogen-bond donors (Lipinski definition) is 0. The zero-order chi connectivity index (χ0) is 14.1. The maximum absolute atomic E-state index is 11.2. The van der Waals surface area contributed by atoms with Gasteiger partial charge in [0, 0.05) is 11.5 Å². The predicted octanol–water partition coefficient (Wildman–Crippen LogP) is 2.69. The van der Waals surface area contributed by atoms with Gasteiger partial charge in [0.15, 0.2) is 0 Å². The van der Waals surface area contributed by atoms with Gasteiger partial charge in [0.1, 0.15) is 0 Å². The van der Waals surface area contributed by atoms with Gasteiger partial charge in [0.2, 0.25) is 0 Å². The molecule has 0 heterocycles. The highest BCUT2D eigenvalue weighted by Crippen LogP contribution is 2.09. The summed E-state index contributed by atoms with van der Waals surface area (Å²) in [5.74, 6) is 4.75. The second-order valence-corrected chi connectivity index (χ2v) is 4.08. The lowest BCUT2D eigenvalue weighted by Gasteiger charge is -2.06. The van der Waals surface area contributed by atoms with E-state index < -0.39 is 5.97 Å². The molecule has 0 spiro atoms. The summed E-state index contributed by atoms with van der Waals surface area (Å²) in [5.41, 5.74) is 2.69. The van der Waals surface area contributed by atoms with E-state index in [0.717, 1.165) is 16.7 Å². The van der Waals surface area contributed by atoms with E-state index in [1.54, 1.807) is 6.92 Å². The molecule has 0 aliphatic rings. The van der Waals surface area contributed by atoms with Crippen LogP contribution in [0.4, 0.5) is 0 Å². The Kier molecular flexibility index (Phi) is 6.42. The van der Waals surface area contributed by atoms with Gasteiger partial charge in [-0.1, -0.05) is 36.3 Å². The maximum Gasteiger partial charge on any atom is 0.384 e. The number of benzene rings is 1. The Hall–Kier alpha value is -2.05. The van der Waals surface area contributed by atoms with Gasteiger partial charge >= 0.3 is 5.97 Å². The van der Waals surface area contributed by atoms with Crippen LogP contribution in [0.25, 0.3) is 0 Å². The summed E-state index contributed by atoms with van der Waals surface area (Å²) in [4.78, 5) is 11.2. The van der Waals surface area contributed by atoms with E-state index in [1.165, 1.54) is 0 Å². The fourth-order valence-corrected chi connectivity index (χ4v) is 1.39. The first kappa shape index (κ1) is 15.0. The van der Waals surface area contributed by atoms with E-state index in [1.807, 2.05) is 31.2 Å². The molecule has 19 heavy (non-hydrogen) atoms. The summed E-state index contributed by atoms with van der Waals surface area (Å²) in [6.07, 6.45) is 0. The number of ether oxygens (including phenoxy) is 2. The summed E-state index contributed by atoms with van der Waals surface area (Å²) in [6.45, 7) is 8.72. The molecule has 0 amide bonds. The molecule has 1 rings (SSSR count). The fraction of sp³-hybridized carbons (Fsp3) is 0.312. The van der Waals surface area contributed by atoms with E-state index in [-0.39, 0.29) is 0 Å². The second-order valence-electron chi connectivity index (χ2n) is 4.08. The summed E-state index contributed by atoms with van der Waals surface area (Å²) in [5, 5.41) is 0. The van der Waals surface area contributed by atoms with Crippen molar-refractivity contribution in [3.05, 3.63) is 47.5 Å². The van der Waals surface area contributed by atoms with E-state index in [4.69, 9.17) is 9.47 Å². The van der Waals surface area contributed by atoms with Crippen LogP contribution in [0.15, 0.2) is 36.4 Å². The molecule has 100 valence electrons. The molecule has 0 N–H and O–H groups in total. The average molecular weight is 258 g/mol. The molecule has 0 aliphatic carbocycles. The SMILES string of the molecule is C=C(C)COCc1ccccc1C#CC(=O)OCC. The first-order chi connectivity index (χ1) is 9.13. The fourth-order valence-electron chi connectivity index (χ4n) is 1.39. The average Bonchev–Trinajstić information content (AvgIpc) is 2.37. The van der Waals surface area contributed by atoms with Gasteiger partial charge in [-0.25, -0.2) is 4.79 Å². The number of carbonyl (C=O) groups excluding carboxylic acids is 1. The Morgan fingerprint density at radius 1 is 1.37 bits per heavy atom. The predicted molar refractivity (Wildman–Crippen MR) is 74.4 cm³/mol. The minimum absolute atomic E-state index is 0.330. The van der Waals surface area contributed by atoms with Crippen LogP contribution in [0, 0.1) is 11.8 Å². The minimum Gasteiger partial charge on any atom is -0.456 e. The molecule has 1 aromatic carbocycles. The Bertz CT molecular complexity index is 506. The zero-order valence-electron chi connectivity index (χ0n) is 11.4. The van der Waals surface area contributed by atoms with Crippen molar-refractivity contribution in [3.63, 3.8) is 0 Å². The van der Waals surface area contributed by atoms with E-state index in [0.29, 0.717) is 19.8 Å². The van der Waals surface area contributed by atoms with Gasteiger partial charge in [-0.3, -0.25) is 0 Å². The highest BCUT2D eigenvalue weighted by atomic mass is 16.5. The molecule has 0 saturated carbocycles. The standard InChI is InChI=1S/C16H18O3/c1-4-19-16(17)10-9-14-7-5-6-8-15(14)12-18-11-13(2)3/h5-8H,2,4,11-12H2,1,3H3. The summed E-state index contributed by atoms with van der Waals surface area (Å²) in [6, 6.07) is 7.56. The molecular formula is C16H18O3. The van der Waals surface area contributed by atoms with Crippen molar-refractivity contribution in [2.75, 3.05) is 13.2 Å². The van der Waals surface area contributed by atoms with Crippen molar-refractivity contribution < 1.29 is 14.3 Å². The number of esters is 1. The molecule has 0 atom stereocenters. The highest BCUT2D eigenvalue weighted by Gasteiger charge is 2.00. The molecule has 1 aromatic rings.